The summed E-state index contributed by atoms with van der Waals surface area (Å²) < 4.78 is 6.83. The van der Waals surface area contributed by atoms with Crippen LogP contribution in [0.3, 0.4) is 0 Å². The Bertz CT molecular complexity index is 399. The molecule has 0 saturated heterocycles. The third-order valence-electron chi connectivity index (χ3n) is 2.26. The average molecular weight is 281 g/mol. The Morgan fingerprint density at radius 3 is 2.75 bits per heavy atom. The van der Waals surface area contributed by atoms with E-state index < -0.39 is 0 Å². The lowest BCUT2D eigenvalue weighted by molar-refractivity contribution is 0.322. The zero-order valence-electron chi connectivity index (χ0n) is 10.0. The first-order chi connectivity index (χ1) is 7.65. The fourth-order valence-corrected chi connectivity index (χ4v) is 1.82. The van der Waals surface area contributed by atoms with Gasteiger partial charge in [0.05, 0.1) is 6.61 Å². The molecule has 86 valence electrons. The maximum Gasteiger partial charge on any atom is 0.122 e. The summed E-state index contributed by atoms with van der Waals surface area (Å²) in [5.74, 6) is 7.29. The zero-order valence-corrected chi connectivity index (χ0v) is 11.6. The monoisotopic (exact) mass is 280 g/mol. The van der Waals surface area contributed by atoms with Crippen molar-refractivity contribution in [2.75, 3.05) is 6.61 Å². The molecule has 16 heavy (non-hydrogen) atoms. The number of benzene rings is 1. The molecule has 0 unspecified atom stereocenters. The largest absolute Gasteiger partial charge is 0.492 e. The van der Waals surface area contributed by atoms with Gasteiger partial charge >= 0.3 is 0 Å². The Labute approximate surface area is 106 Å². The number of rotatable bonds is 4. The van der Waals surface area contributed by atoms with Gasteiger partial charge in [0, 0.05) is 10.9 Å². The van der Waals surface area contributed by atoms with Crippen LogP contribution in [0.25, 0.3) is 0 Å². The Morgan fingerprint density at radius 1 is 1.38 bits per heavy atom. The van der Waals surface area contributed by atoms with E-state index in [0.717, 1.165) is 16.6 Å². The number of halogens is 1. The Kier molecular flexibility index (Phi) is 5.42. The maximum absolute atomic E-state index is 5.73. The minimum absolute atomic E-state index is 0.463. The van der Waals surface area contributed by atoms with Gasteiger partial charge in [0.2, 0.25) is 0 Å². The summed E-state index contributed by atoms with van der Waals surface area (Å²) in [6.45, 7) is 6.84. The van der Waals surface area contributed by atoms with Gasteiger partial charge in [-0.1, -0.05) is 29.8 Å². The van der Waals surface area contributed by atoms with Gasteiger partial charge in [0.1, 0.15) is 5.75 Å². The van der Waals surface area contributed by atoms with Crippen LogP contribution < -0.4 is 4.74 Å². The lowest BCUT2D eigenvalue weighted by Crippen LogP contribution is -2.00. The van der Waals surface area contributed by atoms with E-state index in [4.69, 9.17) is 4.74 Å². The molecule has 1 aromatic carbocycles. The fraction of sp³-hybridized carbons (Fsp3) is 0.429. The van der Waals surface area contributed by atoms with E-state index in [1.807, 2.05) is 19.1 Å². The standard InChI is InChI=1S/C14H17BrO/c1-4-5-6-9-16-14-8-7-12(15)10-13(14)11(2)3/h7-8,10-11H,6,9H2,1-3H3. The predicted octanol–water partition coefficient (Wildman–Crippen LogP) is 4.36. The maximum atomic E-state index is 5.73. The van der Waals surface area contributed by atoms with Crippen LogP contribution >= 0.6 is 15.9 Å². The molecule has 0 aliphatic carbocycles. The Balaban J connectivity index is 2.73. The SMILES string of the molecule is CC#CCCOc1ccc(Br)cc1C(C)C. The Morgan fingerprint density at radius 2 is 2.12 bits per heavy atom. The van der Waals surface area contributed by atoms with E-state index >= 15 is 0 Å². The number of hydrogen-bond acceptors (Lipinski definition) is 1. The van der Waals surface area contributed by atoms with Crippen molar-refractivity contribution in [3.8, 4) is 17.6 Å². The molecule has 1 aromatic rings. The van der Waals surface area contributed by atoms with Crippen LogP contribution in [0.15, 0.2) is 22.7 Å². The molecule has 0 atom stereocenters. The second-order valence-corrected chi connectivity index (χ2v) is 4.78. The third kappa shape index (κ3) is 3.90. The molecule has 0 radical (unpaired) electrons. The van der Waals surface area contributed by atoms with Gasteiger partial charge in [-0.3, -0.25) is 0 Å². The van der Waals surface area contributed by atoms with Crippen LogP contribution in [-0.2, 0) is 0 Å². The molecule has 0 amide bonds. The molecule has 0 saturated carbocycles. The summed E-state index contributed by atoms with van der Waals surface area (Å²) in [4.78, 5) is 0. The number of ether oxygens (including phenoxy) is 1. The lowest BCUT2D eigenvalue weighted by atomic mass is 10.0. The first kappa shape index (κ1) is 13.1. The first-order valence-corrected chi connectivity index (χ1v) is 6.26. The average Bonchev–Trinajstić information content (AvgIpc) is 2.26. The van der Waals surface area contributed by atoms with E-state index in [0.29, 0.717) is 12.5 Å². The van der Waals surface area contributed by atoms with Gasteiger partial charge in [-0.15, -0.1) is 11.8 Å². The van der Waals surface area contributed by atoms with Crippen LogP contribution in [0.1, 0.15) is 38.7 Å². The van der Waals surface area contributed by atoms with Crippen molar-refractivity contribution in [2.24, 2.45) is 0 Å². The van der Waals surface area contributed by atoms with Crippen molar-refractivity contribution >= 4 is 15.9 Å². The molecule has 0 aromatic heterocycles. The normalized spacial score (nSPS) is 9.81. The molecule has 0 heterocycles. The van der Waals surface area contributed by atoms with Gasteiger partial charge in [-0.05, 0) is 36.6 Å². The van der Waals surface area contributed by atoms with Crippen molar-refractivity contribution in [3.05, 3.63) is 28.2 Å². The van der Waals surface area contributed by atoms with Crippen molar-refractivity contribution in [1.82, 2.24) is 0 Å². The lowest BCUT2D eigenvalue weighted by Gasteiger charge is -2.13. The summed E-state index contributed by atoms with van der Waals surface area (Å²) in [5.41, 5.74) is 1.24. The van der Waals surface area contributed by atoms with Crippen molar-refractivity contribution in [3.63, 3.8) is 0 Å². The molecule has 2 heteroatoms. The molecule has 1 nitrogen and oxygen atoms in total. The minimum Gasteiger partial charge on any atom is -0.492 e. The van der Waals surface area contributed by atoms with Crippen LogP contribution in [-0.4, -0.2) is 6.61 Å². The van der Waals surface area contributed by atoms with Crippen LogP contribution in [0.2, 0.25) is 0 Å². The van der Waals surface area contributed by atoms with Crippen molar-refractivity contribution in [1.29, 1.82) is 0 Å². The molecule has 0 N–H and O–H groups in total. The summed E-state index contributed by atoms with van der Waals surface area (Å²) in [6, 6.07) is 6.14. The third-order valence-corrected chi connectivity index (χ3v) is 2.75. The smallest absolute Gasteiger partial charge is 0.122 e. The van der Waals surface area contributed by atoms with Crippen LogP contribution in [0.5, 0.6) is 5.75 Å². The highest BCUT2D eigenvalue weighted by Gasteiger charge is 2.07. The van der Waals surface area contributed by atoms with E-state index in [1.54, 1.807) is 0 Å². The van der Waals surface area contributed by atoms with Gasteiger partial charge in [-0.25, -0.2) is 0 Å². The van der Waals surface area contributed by atoms with Crippen LogP contribution in [0.4, 0.5) is 0 Å². The topological polar surface area (TPSA) is 9.23 Å². The second kappa shape index (κ2) is 6.60. The highest BCUT2D eigenvalue weighted by Crippen LogP contribution is 2.29. The van der Waals surface area contributed by atoms with Crippen molar-refractivity contribution < 1.29 is 4.74 Å². The van der Waals surface area contributed by atoms with Gasteiger partial charge in [-0.2, -0.15) is 0 Å². The number of hydrogen-bond donors (Lipinski definition) is 0. The highest BCUT2D eigenvalue weighted by molar-refractivity contribution is 9.10. The van der Waals surface area contributed by atoms with E-state index in [9.17, 15) is 0 Å². The van der Waals surface area contributed by atoms with Gasteiger partial charge in [0.15, 0.2) is 0 Å². The molecule has 0 spiro atoms. The second-order valence-electron chi connectivity index (χ2n) is 3.86. The fourth-order valence-electron chi connectivity index (χ4n) is 1.44. The van der Waals surface area contributed by atoms with E-state index in [1.165, 1.54) is 5.56 Å². The minimum atomic E-state index is 0.463. The summed E-state index contributed by atoms with van der Waals surface area (Å²) in [6.07, 6.45) is 0.782. The molecule has 0 bridgehead atoms. The van der Waals surface area contributed by atoms with Crippen LogP contribution in [0, 0.1) is 11.8 Å². The highest BCUT2D eigenvalue weighted by atomic mass is 79.9. The van der Waals surface area contributed by atoms with E-state index in [2.05, 4.69) is 47.7 Å². The van der Waals surface area contributed by atoms with Gasteiger partial charge < -0.3 is 4.74 Å². The quantitative estimate of drug-likeness (QED) is 0.588. The molecule has 0 aliphatic heterocycles. The van der Waals surface area contributed by atoms with Crippen molar-refractivity contribution in [2.45, 2.75) is 33.1 Å². The summed E-state index contributed by atoms with van der Waals surface area (Å²) >= 11 is 3.48. The zero-order chi connectivity index (χ0) is 12.0. The van der Waals surface area contributed by atoms with Gasteiger partial charge in [0.25, 0.3) is 0 Å². The van der Waals surface area contributed by atoms with E-state index in [-0.39, 0.29) is 0 Å². The molecule has 0 aliphatic rings. The molecule has 0 fully saturated rings. The predicted molar refractivity (Wildman–Crippen MR) is 71.8 cm³/mol. The summed E-state index contributed by atoms with van der Waals surface area (Å²) in [7, 11) is 0. The Hall–Kier alpha value is -0.940. The summed E-state index contributed by atoms with van der Waals surface area (Å²) in [5, 5.41) is 0. The molecular formula is C14H17BrO. The first-order valence-electron chi connectivity index (χ1n) is 5.47. The molecular weight excluding hydrogens is 264 g/mol. The molecule has 1 rings (SSSR count).